The third-order valence-corrected chi connectivity index (χ3v) is 5.45. The summed E-state index contributed by atoms with van der Waals surface area (Å²) in [6, 6.07) is 5.00. The summed E-state index contributed by atoms with van der Waals surface area (Å²) >= 11 is 0. The maximum absolute atomic E-state index is 11.4. The third kappa shape index (κ3) is 3.56. The Morgan fingerprint density at radius 3 is 2.74 bits per heavy atom. The molecular weight excluding hydrogens is 264 g/mol. The molecule has 0 spiro atoms. The number of carbonyl (C=O) groups excluding carboxylic acids is 1. The van der Waals surface area contributed by atoms with Crippen LogP contribution >= 0.6 is 0 Å². The standard InChI is InChI=1S/C14H18O4S/c1-10(15)13-8-11(4-5-14(13)16)2-3-12-6-7-19(17,18)9-12/h4-5,8,12,16H,2-3,6-7,9H2,1H3/t12-/m0/s1. The normalized spacial score (nSPS) is 21.4. The summed E-state index contributed by atoms with van der Waals surface area (Å²) in [5.74, 6) is 0.637. The first kappa shape index (κ1) is 14.1. The number of benzene rings is 1. The van der Waals surface area contributed by atoms with Crippen LogP contribution in [0.4, 0.5) is 0 Å². The van der Waals surface area contributed by atoms with E-state index < -0.39 is 9.84 Å². The molecule has 4 nitrogen and oxygen atoms in total. The van der Waals surface area contributed by atoms with E-state index in [1.54, 1.807) is 12.1 Å². The summed E-state index contributed by atoms with van der Waals surface area (Å²) < 4.78 is 22.7. The predicted octanol–water partition coefficient (Wildman–Crippen LogP) is 1.96. The highest BCUT2D eigenvalue weighted by Crippen LogP contribution is 2.25. The summed E-state index contributed by atoms with van der Waals surface area (Å²) in [4.78, 5) is 11.3. The van der Waals surface area contributed by atoms with Crippen molar-refractivity contribution in [2.75, 3.05) is 11.5 Å². The van der Waals surface area contributed by atoms with Gasteiger partial charge in [0, 0.05) is 0 Å². The molecule has 104 valence electrons. The van der Waals surface area contributed by atoms with Gasteiger partial charge >= 0.3 is 0 Å². The second kappa shape index (κ2) is 5.33. The minimum atomic E-state index is -2.82. The van der Waals surface area contributed by atoms with Crippen molar-refractivity contribution in [2.24, 2.45) is 5.92 Å². The summed E-state index contributed by atoms with van der Waals surface area (Å²) in [6.07, 6.45) is 2.28. The first-order valence-corrected chi connectivity index (χ1v) is 8.23. The van der Waals surface area contributed by atoms with Gasteiger partial charge in [0.15, 0.2) is 15.6 Å². The zero-order valence-electron chi connectivity index (χ0n) is 10.9. The van der Waals surface area contributed by atoms with E-state index in [1.165, 1.54) is 13.0 Å². The highest BCUT2D eigenvalue weighted by Gasteiger charge is 2.27. The number of hydrogen-bond donors (Lipinski definition) is 1. The fourth-order valence-electron chi connectivity index (χ4n) is 2.49. The van der Waals surface area contributed by atoms with Crippen LogP contribution in [-0.2, 0) is 16.3 Å². The lowest BCUT2D eigenvalue weighted by atomic mass is 9.97. The van der Waals surface area contributed by atoms with Gasteiger partial charge in [-0.15, -0.1) is 0 Å². The lowest BCUT2D eigenvalue weighted by Gasteiger charge is -2.09. The first-order chi connectivity index (χ1) is 8.87. The highest BCUT2D eigenvalue weighted by atomic mass is 32.2. The molecule has 1 atom stereocenters. The summed E-state index contributed by atoms with van der Waals surface area (Å²) in [6.45, 7) is 1.42. The Labute approximate surface area is 113 Å². The molecule has 5 heteroatoms. The molecule has 0 radical (unpaired) electrons. The van der Waals surface area contributed by atoms with Gasteiger partial charge in [-0.3, -0.25) is 4.79 Å². The van der Waals surface area contributed by atoms with Crippen molar-refractivity contribution >= 4 is 15.6 Å². The number of phenols is 1. The molecule has 1 heterocycles. The van der Waals surface area contributed by atoms with E-state index in [9.17, 15) is 18.3 Å². The number of Topliss-reactive ketones (excluding diaryl/α,β-unsaturated/α-hetero) is 1. The van der Waals surface area contributed by atoms with Crippen molar-refractivity contribution in [3.8, 4) is 5.75 Å². The number of rotatable bonds is 4. The van der Waals surface area contributed by atoms with Gasteiger partial charge in [-0.2, -0.15) is 0 Å². The second-order valence-corrected chi connectivity index (χ2v) is 7.44. The molecule has 1 aliphatic heterocycles. The molecule has 1 fully saturated rings. The van der Waals surface area contributed by atoms with Crippen LogP contribution < -0.4 is 0 Å². The lowest BCUT2D eigenvalue weighted by Crippen LogP contribution is -2.06. The van der Waals surface area contributed by atoms with Crippen molar-refractivity contribution in [1.82, 2.24) is 0 Å². The molecule has 0 aliphatic carbocycles. The smallest absolute Gasteiger partial charge is 0.163 e. The van der Waals surface area contributed by atoms with Crippen LogP contribution in [0.2, 0.25) is 0 Å². The summed E-state index contributed by atoms with van der Waals surface area (Å²) in [5.41, 5.74) is 1.30. The quantitative estimate of drug-likeness (QED) is 0.857. The minimum absolute atomic E-state index is 0.000283. The average molecular weight is 282 g/mol. The van der Waals surface area contributed by atoms with Gasteiger partial charge in [0.2, 0.25) is 0 Å². The average Bonchev–Trinajstić information content (AvgIpc) is 2.67. The number of carbonyl (C=O) groups is 1. The number of hydrogen-bond acceptors (Lipinski definition) is 4. The number of aromatic hydroxyl groups is 1. The molecule has 0 bridgehead atoms. The van der Waals surface area contributed by atoms with Crippen LogP contribution in [-0.4, -0.2) is 30.8 Å². The van der Waals surface area contributed by atoms with Crippen molar-refractivity contribution in [3.63, 3.8) is 0 Å². The monoisotopic (exact) mass is 282 g/mol. The van der Waals surface area contributed by atoms with Crippen LogP contribution in [0, 0.1) is 5.92 Å². The van der Waals surface area contributed by atoms with Crippen molar-refractivity contribution in [1.29, 1.82) is 0 Å². The zero-order chi connectivity index (χ0) is 14.0. The molecule has 0 amide bonds. The molecule has 19 heavy (non-hydrogen) atoms. The fourth-order valence-corrected chi connectivity index (χ4v) is 4.40. The van der Waals surface area contributed by atoms with Crippen molar-refractivity contribution < 1.29 is 18.3 Å². The maximum Gasteiger partial charge on any atom is 0.163 e. The van der Waals surface area contributed by atoms with Crippen molar-refractivity contribution in [2.45, 2.75) is 26.2 Å². The molecule has 1 saturated heterocycles. The number of phenolic OH excluding ortho intramolecular Hbond substituents is 1. The minimum Gasteiger partial charge on any atom is -0.507 e. The molecule has 1 aliphatic rings. The molecule has 1 aromatic rings. The van der Waals surface area contributed by atoms with Gasteiger partial charge in [-0.1, -0.05) is 6.07 Å². The second-order valence-electron chi connectivity index (χ2n) is 5.22. The van der Waals surface area contributed by atoms with E-state index in [4.69, 9.17) is 0 Å². The maximum atomic E-state index is 11.4. The number of sulfone groups is 1. The SMILES string of the molecule is CC(=O)c1cc(CC[C@H]2CCS(=O)(=O)C2)ccc1O. The molecule has 1 N–H and O–H groups in total. The van der Waals surface area contributed by atoms with Crippen molar-refractivity contribution in [3.05, 3.63) is 29.3 Å². The third-order valence-electron chi connectivity index (χ3n) is 3.61. The van der Waals surface area contributed by atoms with Crippen LogP contribution in [0.15, 0.2) is 18.2 Å². The van der Waals surface area contributed by atoms with Gasteiger partial charge in [0.05, 0.1) is 17.1 Å². The van der Waals surface area contributed by atoms with Crippen LogP contribution in [0.5, 0.6) is 5.75 Å². The van der Waals surface area contributed by atoms with Gasteiger partial charge in [0.25, 0.3) is 0 Å². The molecule has 0 unspecified atom stereocenters. The van der Waals surface area contributed by atoms with Crippen LogP contribution in [0.3, 0.4) is 0 Å². The first-order valence-electron chi connectivity index (χ1n) is 6.40. The molecule has 0 aromatic heterocycles. The topological polar surface area (TPSA) is 71.4 Å². The highest BCUT2D eigenvalue weighted by molar-refractivity contribution is 7.91. The van der Waals surface area contributed by atoms with Gasteiger partial charge < -0.3 is 5.11 Å². The Balaban J connectivity index is 2.01. The Morgan fingerprint density at radius 1 is 1.42 bits per heavy atom. The summed E-state index contributed by atoms with van der Waals surface area (Å²) in [5, 5.41) is 9.55. The predicted molar refractivity (Wildman–Crippen MR) is 73.2 cm³/mol. The van der Waals surface area contributed by atoms with Gasteiger partial charge in [-0.25, -0.2) is 8.42 Å². The number of aryl methyl sites for hydroxylation is 1. The largest absolute Gasteiger partial charge is 0.507 e. The lowest BCUT2D eigenvalue weighted by molar-refractivity contribution is 0.101. The van der Waals surface area contributed by atoms with Crippen LogP contribution in [0.25, 0.3) is 0 Å². The molecule has 1 aromatic carbocycles. The molecule has 0 saturated carbocycles. The van der Waals surface area contributed by atoms with E-state index >= 15 is 0 Å². The van der Waals surface area contributed by atoms with Crippen LogP contribution in [0.1, 0.15) is 35.7 Å². The van der Waals surface area contributed by atoms with Gasteiger partial charge in [0.1, 0.15) is 5.75 Å². The molecule has 2 rings (SSSR count). The Kier molecular flexibility index (Phi) is 3.94. The van der Waals surface area contributed by atoms with E-state index in [0.29, 0.717) is 11.3 Å². The number of ketones is 1. The van der Waals surface area contributed by atoms with E-state index in [1.807, 2.05) is 0 Å². The van der Waals surface area contributed by atoms with E-state index in [2.05, 4.69) is 0 Å². The zero-order valence-corrected chi connectivity index (χ0v) is 11.7. The fraction of sp³-hybridized carbons (Fsp3) is 0.500. The van der Waals surface area contributed by atoms with Gasteiger partial charge in [-0.05, 0) is 49.8 Å². The Bertz CT molecular complexity index is 589. The Hall–Kier alpha value is -1.36. The molecular formula is C14H18O4S. The van der Waals surface area contributed by atoms with E-state index in [-0.39, 0.29) is 23.2 Å². The Morgan fingerprint density at radius 2 is 2.16 bits per heavy atom. The summed E-state index contributed by atoms with van der Waals surface area (Å²) in [7, 11) is -2.82. The van der Waals surface area contributed by atoms with E-state index in [0.717, 1.165) is 24.8 Å².